The summed E-state index contributed by atoms with van der Waals surface area (Å²) in [6.07, 6.45) is 11.2. The van der Waals surface area contributed by atoms with Crippen LogP contribution in [-0.4, -0.2) is 75.0 Å². The number of hydrogen-bond donors (Lipinski definition) is 1. The van der Waals surface area contributed by atoms with Crippen LogP contribution in [0.4, 0.5) is 11.4 Å². The van der Waals surface area contributed by atoms with Gasteiger partial charge in [-0.25, -0.2) is 0 Å². The van der Waals surface area contributed by atoms with Crippen molar-refractivity contribution in [3.8, 4) is 0 Å². The maximum atomic E-state index is 11.5. The van der Waals surface area contributed by atoms with Crippen molar-refractivity contribution < 1.29 is 38.0 Å². The average molecular weight is 773 g/mol. The maximum Gasteiger partial charge on any atom is 0.302 e. The summed E-state index contributed by atoms with van der Waals surface area (Å²) >= 11 is 0. The molecule has 8 rings (SSSR count). The number of unbranched alkanes of at least 4 members (excludes halogenated alkanes) is 2. The molecule has 4 aromatic carbocycles. The molecule has 2 unspecified atom stereocenters. The number of carbonyl (C=O) groups is 1. The lowest BCUT2D eigenvalue weighted by molar-refractivity contribution is -0.798. The SMILES string of the molecule is CC(=O)OCCCCCC1(C)C(/C=C/C=C2/[NH+](CC(C)(C)C3OCCO3)c3ccc4ccccc4c3C2(C)C)=[N+](CCC2OCCO2)c2ccc3ccccc3c21. The van der Waals surface area contributed by atoms with Crippen LogP contribution in [0.5, 0.6) is 0 Å². The molecule has 0 spiro atoms. The van der Waals surface area contributed by atoms with Crippen LogP contribution in [0.25, 0.3) is 21.5 Å². The molecule has 0 saturated carbocycles. The number of carbonyl (C=O) groups excluding carboxylic acids is 1. The molecule has 300 valence electrons. The Kier molecular flexibility index (Phi) is 11.3. The molecule has 4 aromatic rings. The van der Waals surface area contributed by atoms with Gasteiger partial charge >= 0.3 is 5.97 Å². The predicted octanol–water partition coefficient (Wildman–Crippen LogP) is 8.58. The molecular formula is C49H60N2O6+2. The van der Waals surface area contributed by atoms with Crippen molar-refractivity contribution in [1.29, 1.82) is 0 Å². The third-order valence-electron chi connectivity index (χ3n) is 12.8. The lowest BCUT2D eigenvalue weighted by atomic mass is 9.73. The molecule has 4 aliphatic heterocycles. The van der Waals surface area contributed by atoms with Crippen molar-refractivity contribution in [1.82, 2.24) is 0 Å². The van der Waals surface area contributed by atoms with Gasteiger partial charge in [-0.05, 0) is 87.2 Å². The highest BCUT2D eigenvalue weighted by atomic mass is 16.7. The van der Waals surface area contributed by atoms with E-state index in [2.05, 4.69) is 130 Å². The summed E-state index contributed by atoms with van der Waals surface area (Å²) in [5.74, 6) is -0.218. The molecule has 4 heterocycles. The molecule has 0 aliphatic carbocycles. The maximum absolute atomic E-state index is 11.5. The summed E-state index contributed by atoms with van der Waals surface area (Å²) in [7, 11) is 0. The molecule has 2 saturated heterocycles. The monoisotopic (exact) mass is 772 g/mol. The smallest absolute Gasteiger partial charge is 0.302 e. The number of ether oxygens (including phenoxy) is 5. The van der Waals surface area contributed by atoms with Crippen molar-refractivity contribution >= 4 is 44.6 Å². The van der Waals surface area contributed by atoms with Crippen LogP contribution in [0.3, 0.4) is 0 Å². The van der Waals surface area contributed by atoms with Gasteiger partial charge in [0.15, 0.2) is 24.8 Å². The number of allylic oxidation sites excluding steroid dienone is 4. The van der Waals surface area contributed by atoms with Gasteiger partial charge in [0.2, 0.25) is 5.69 Å². The van der Waals surface area contributed by atoms with Gasteiger partial charge in [-0.1, -0.05) is 67.4 Å². The number of benzene rings is 4. The Morgan fingerprint density at radius 3 is 2.19 bits per heavy atom. The normalized spacial score (nSPS) is 23.1. The van der Waals surface area contributed by atoms with Gasteiger partial charge in [0.25, 0.3) is 0 Å². The van der Waals surface area contributed by atoms with Gasteiger partial charge < -0.3 is 23.7 Å². The van der Waals surface area contributed by atoms with Crippen LogP contribution in [0.15, 0.2) is 96.7 Å². The van der Waals surface area contributed by atoms with E-state index in [1.54, 1.807) is 0 Å². The van der Waals surface area contributed by atoms with E-state index < -0.39 is 0 Å². The summed E-state index contributed by atoms with van der Waals surface area (Å²) < 4.78 is 32.0. The number of esters is 1. The van der Waals surface area contributed by atoms with Gasteiger partial charge in [0.05, 0.1) is 62.2 Å². The van der Waals surface area contributed by atoms with Crippen LogP contribution < -0.4 is 4.90 Å². The summed E-state index contributed by atoms with van der Waals surface area (Å²) in [5, 5.41) is 5.13. The van der Waals surface area contributed by atoms with E-state index in [4.69, 9.17) is 23.7 Å². The standard InChI is InChI=1S/C49H59N2O6/c1-34(52)53-28-13-7-12-26-49(6)42(50(27-25-43-54-29-30-55-43)40-24-22-36-16-9-11-18-38(36)45(40)49)20-14-19-41-48(4,5)44-37-17-10-8-15-35(37)21-23-39(44)51(41)33-47(2,3)46-56-31-32-57-46/h8-11,14-24,43,46H,7,12-13,25-33H2,1-6H3/q+1/p+1. The van der Waals surface area contributed by atoms with Crippen molar-refractivity contribution in [3.63, 3.8) is 0 Å². The van der Waals surface area contributed by atoms with E-state index in [-0.39, 0.29) is 34.8 Å². The Balaban J connectivity index is 1.22. The zero-order valence-electron chi connectivity index (χ0n) is 34.7. The molecule has 1 N–H and O–H groups in total. The zero-order valence-corrected chi connectivity index (χ0v) is 34.7. The van der Waals surface area contributed by atoms with Gasteiger partial charge in [-0.3, -0.25) is 9.69 Å². The minimum Gasteiger partial charge on any atom is -0.466 e. The van der Waals surface area contributed by atoms with Crippen molar-refractivity contribution in [2.75, 3.05) is 46.1 Å². The largest absolute Gasteiger partial charge is 0.466 e. The van der Waals surface area contributed by atoms with E-state index in [0.29, 0.717) is 33.0 Å². The van der Waals surface area contributed by atoms with E-state index >= 15 is 0 Å². The molecule has 8 heteroatoms. The molecule has 0 aromatic heterocycles. The van der Waals surface area contributed by atoms with E-state index in [0.717, 1.165) is 45.2 Å². The van der Waals surface area contributed by atoms with Gasteiger partial charge in [0, 0.05) is 36.3 Å². The fourth-order valence-corrected chi connectivity index (χ4v) is 10.1. The minimum atomic E-state index is -0.264. The Morgan fingerprint density at radius 2 is 1.49 bits per heavy atom. The number of nitrogens with zero attached hydrogens (tertiary/aromatic N) is 1. The molecule has 57 heavy (non-hydrogen) atoms. The average Bonchev–Trinajstić information content (AvgIpc) is 4.00. The third-order valence-corrected chi connectivity index (χ3v) is 12.8. The number of rotatable bonds is 14. The Hall–Kier alpha value is -4.18. The first-order valence-electron chi connectivity index (χ1n) is 21.0. The second-order valence-corrected chi connectivity index (χ2v) is 17.7. The van der Waals surface area contributed by atoms with Gasteiger partial charge in [-0.15, -0.1) is 0 Å². The second-order valence-electron chi connectivity index (χ2n) is 17.7. The van der Waals surface area contributed by atoms with E-state index in [1.165, 1.54) is 67.3 Å². The Labute approximate surface area is 338 Å². The van der Waals surface area contributed by atoms with Gasteiger partial charge in [0.1, 0.15) is 11.4 Å². The quantitative estimate of drug-likeness (QED) is 0.0787. The van der Waals surface area contributed by atoms with Crippen molar-refractivity contribution in [2.45, 2.75) is 97.1 Å². The first-order valence-corrected chi connectivity index (χ1v) is 21.0. The molecular weight excluding hydrogens is 713 g/mol. The summed E-state index contributed by atoms with van der Waals surface area (Å²) in [4.78, 5) is 12.8. The summed E-state index contributed by atoms with van der Waals surface area (Å²) in [5.41, 5.74) is 7.26. The molecule has 0 radical (unpaired) electrons. The number of quaternary nitrogens is 1. The second kappa shape index (κ2) is 16.2. The molecule has 8 nitrogen and oxygen atoms in total. The lowest BCUT2D eigenvalue weighted by Gasteiger charge is -2.32. The number of hydrogen-bond acceptors (Lipinski definition) is 6. The van der Waals surface area contributed by atoms with Crippen LogP contribution in [-0.2, 0) is 39.3 Å². The highest BCUT2D eigenvalue weighted by Crippen LogP contribution is 2.48. The first kappa shape index (κ1) is 39.6. The first-order chi connectivity index (χ1) is 27.5. The van der Waals surface area contributed by atoms with Crippen LogP contribution in [0, 0.1) is 5.41 Å². The highest BCUT2D eigenvalue weighted by Gasteiger charge is 2.51. The van der Waals surface area contributed by atoms with Gasteiger partial charge in [-0.2, -0.15) is 4.58 Å². The van der Waals surface area contributed by atoms with E-state index in [1.807, 2.05) is 0 Å². The summed E-state index contributed by atoms with van der Waals surface area (Å²) in [6.45, 7) is 17.9. The number of nitrogens with one attached hydrogen (secondary N) is 1. The molecule has 0 amide bonds. The zero-order chi connectivity index (χ0) is 39.8. The topological polar surface area (TPSA) is 70.7 Å². The predicted molar refractivity (Wildman–Crippen MR) is 226 cm³/mol. The summed E-state index contributed by atoms with van der Waals surface area (Å²) in [6, 6.07) is 26.8. The molecule has 2 atom stereocenters. The lowest BCUT2D eigenvalue weighted by Crippen LogP contribution is -3.06. The number of fused-ring (bicyclic) bond motifs is 6. The van der Waals surface area contributed by atoms with Crippen molar-refractivity contribution in [3.05, 3.63) is 108 Å². The van der Waals surface area contributed by atoms with E-state index in [9.17, 15) is 4.79 Å². The fourth-order valence-electron chi connectivity index (χ4n) is 10.1. The van der Waals surface area contributed by atoms with Crippen molar-refractivity contribution in [2.24, 2.45) is 5.41 Å². The molecule has 0 bridgehead atoms. The molecule has 4 aliphatic rings. The van der Waals surface area contributed by atoms with Crippen LogP contribution in [0.1, 0.15) is 84.8 Å². The Bertz CT molecular complexity index is 2220. The third kappa shape index (κ3) is 7.63. The van der Waals surface area contributed by atoms with Crippen LogP contribution >= 0.6 is 0 Å². The molecule has 2 fully saturated rings. The minimum absolute atomic E-state index is 0.199. The highest BCUT2D eigenvalue weighted by molar-refractivity contribution is 6.08. The van der Waals surface area contributed by atoms with Crippen LogP contribution in [0.2, 0.25) is 0 Å². The fraction of sp³-hybridized carbons (Fsp3) is 0.469. The Morgan fingerprint density at radius 1 is 0.842 bits per heavy atom.